The first-order valence-electron chi connectivity index (χ1n) is 9.53. The van der Waals surface area contributed by atoms with Gasteiger partial charge in [0, 0.05) is 0 Å². The monoisotopic (exact) mass is 383 g/mol. The van der Waals surface area contributed by atoms with Crippen LogP contribution in [0.3, 0.4) is 0 Å². The van der Waals surface area contributed by atoms with Crippen LogP contribution < -0.4 is 5.32 Å². The van der Waals surface area contributed by atoms with Gasteiger partial charge in [-0.25, -0.2) is 4.79 Å². The zero-order valence-electron chi connectivity index (χ0n) is 16.9. The molecule has 2 rings (SSSR count). The lowest BCUT2D eigenvalue weighted by Gasteiger charge is -2.24. The lowest BCUT2D eigenvalue weighted by molar-refractivity contribution is -0.141. The Hall–Kier alpha value is -2.82. The SMILES string of the molecule is C[C@H](CCC(NC(=O)OC(C)(C)C)c1ccc(-c2ccccc2)cc1)C(=O)O. The van der Waals surface area contributed by atoms with Gasteiger partial charge in [0.15, 0.2) is 0 Å². The normalized spacial score (nSPS) is 13.4. The molecule has 0 aliphatic carbocycles. The summed E-state index contributed by atoms with van der Waals surface area (Å²) >= 11 is 0. The molecule has 1 amide bonds. The van der Waals surface area contributed by atoms with Gasteiger partial charge in [-0.15, -0.1) is 0 Å². The van der Waals surface area contributed by atoms with Gasteiger partial charge in [0.05, 0.1) is 12.0 Å². The molecule has 150 valence electrons. The number of carboxylic acids is 1. The number of carboxylic acid groups (broad SMARTS) is 1. The molecule has 5 heteroatoms. The summed E-state index contributed by atoms with van der Waals surface area (Å²) < 4.78 is 5.37. The molecule has 28 heavy (non-hydrogen) atoms. The number of benzene rings is 2. The molecule has 0 spiro atoms. The van der Waals surface area contributed by atoms with Crippen LogP contribution in [-0.2, 0) is 9.53 Å². The zero-order chi connectivity index (χ0) is 20.7. The molecule has 0 aromatic heterocycles. The smallest absolute Gasteiger partial charge is 0.408 e. The maximum atomic E-state index is 12.3. The fraction of sp³-hybridized carbons (Fsp3) is 0.391. The number of amides is 1. The minimum Gasteiger partial charge on any atom is -0.481 e. The highest BCUT2D eigenvalue weighted by Crippen LogP contribution is 2.26. The van der Waals surface area contributed by atoms with Crippen molar-refractivity contribution in [1.82, 2.24) is 5.32 Å². The first-order chi connectivity index (χ1) is 13.2. The molecule has 0 saturated carbocycles. The highest BCUT2D eigenvalue weighted by molar-refractivity contribution is 5.70. The molecule has 0 aliphatic heterocycles. The average molecular weight is 383 g/mol. The summed E-state index contributed by atoms with van der Waals surface area (Å²) in [6.45, 7) is 7.10. The molecule has 0 saturated heterocycles. The molecule has 0 fully saturated rings. The van der Waals surface area contributed by atoms with Gasteiger partial charge in [0.2, 0.25) is 0 Å². The van der Waals surface area contributed by atoms with Gasteiger partial charge in [-0.2, -0.15) is 0 Å². The van der Waals surface area contributed by atoms with Crippen molar-refractivity contribution in [2.75, 3.05) is 0 Å². The summed E-state index contributed by atoms with van der Waals surface area (Å²) in [5, 5.41) is 12.0. The van der Waals surface area contributed by atoms with Crippen LogP contribution in [0.2, 0.25) is 0 Å². The fourth-order valence-corrected chi connectivity index (χ4v) is 2.85. The molecule has 0 heterocycles. The van der Waals surface area contributed by atoms with E-state index in [9.17, 15) is 9.59 Å². The minimum absolute atomic E-state index is 0.318. The van der Waals surface area contributed by atoms with Gasteiger partial charge in [-0.05, 0) is 50.3 Å². The van der Waals surface area contributed by atoms with E-state index >= 15 is 0 Å². The summed E-state index contributed by atoms with van der Waals surface area (Å²) in [6, 6.07) is 17.7. The van der Waals surface area contributed by atoms with E-state index in [0.29, 0.717) is 12.8 Å². The molecule has 0 aliphatic rings. The topological polar surface area (TPSA) is 75.6 Å². The van der Waals surface area contributed by atoms with Crippen LogP contribution in [-0.4, -0.2) is 22.8 Å². The van der Waals surface area contributed by atoms with Crippen LogP contribution in [0.4, 0.5) is 4.79 Å². The number of ether oxygens (including phenoxy) is 1. The summed E-state index contributed by atoms with van der Waals surface area (Å²) in [4.78, 5) is 23.4. The largest absolute Gasteiger partial charge is 0.481 e. The first kappa shape index (κ1) is 21.5. The molecule has 0 radical (unpaired) electrons. The second kappa shape index (κ2) is 9.40. The molecule has 2 N–H and O–H groups in total. The van der Waals surface area contributed by atoms with E-state index in [2.05, 4.69) is 5.32 Å². The summed E-state index contributed by atoms with van der Waals surface area (Å²) in [6.07, 6.45) is 0.459. The maximum absolute atomic E-state index is 12.3. The number of aliphatic carboxylic acids is 1. The highest BCUT2D eigenvalue weighted by Gasteiger charge is 2.22. The van der Waals surface area contributed by atoms with E-state index in [1.807, 2.05) is 75.4 Å². The maximum Gasteiger partial charge on any atom is 0.408 e. The predicted octanol–water partition coefficient (Wildman–Crippen LogP) is 5.42. The van der Waals surface area contributed by atoms with E-state index in [1.54, 1.807) is 6.92 Å². The summed E-state index contributed by atoms with van der Waals surface area (Å²) in [7, 11) is 0. The predicted molar refractivity (Wildman–Crippen MR) is 110 cm³/mol. The Labute approximate surface area is 166 Å². The quantitative estimate of drug-likeness (QED) is 0.669. The van der Waals surface area contributed by atoms with Crippen molar-refractivity contribution in [2.24, 2.45) is 5.92 Å². The molecule has 2 aromatic rings. The van der Waals surface area contributed by atoms with Crippen LogP contribution in [0, 0.1) is 5.92 Å². The molecular formula is C23H29NO4. The van der Waals surface area contributed by atoms with Gasteiger partial charge in [-0.1, -0.05) is 61.5 Å². The van der Waals surface area contributed by atoms with E-state index in [-0.39, 0.29) is 6.04 Å². The number of carbonyl (C=O) groups is 2. The molecule has 0 bridgehead atoms. The number of alkyl carbamates (subject to hydrolysis) is 1. The minimum atomic E-state index is -0.838. The lowest BCUT2D eigenvalue weighted by Crippen LogP contribution is -2.35. The standard InChI is InChI=1S/C23H29NO4/c1-16(21(25)26)10-15-20(24-22(27)28-23(2,3)4)19-13-11-18(12-14-19)17-8-6-5-7-9-17/h5-9,11-14,16,20H,10,15H2,1-4H3,(H,24,27)(H,25,26)/t16-,20?/m1/s1. The van der Waals surface area contributed by atoms with Crippen molar-refractivity contribution < 1.29 is 19.4 Å². The van der Waals surface area contributed by atoms with Crippen molar-refractivity contribution >= 4 is 12.1 Å². The third-order valence-corrected chi connectivity index (χ3v) is 4.42. The van der Waals surface area contributed by atoms with Crippen molar-refractivity contribution in [2.45, 2.75) is 52.2 Å². The van der Waals surface area contributed by atoms with Crippen molar-refractivity contribution in [1.29, 1.82) is 0 Å². The Balaban J connectivity index is 2.17. The van der Waals surface area contributed by atoms with Crippen LogP contribution in [0.5, 0.6) is 0 Å². The van der Waals surface area contributed by atoms with Gasteiger partial charge in [0.25, 0.3) is 0 Å². The number of carbonyl (C=O) groups excluding carboxylic acids is 1. The Morgan fingerprint density at radius 1 is 0.964 bits per heavy atom. The second-order valence-corrected chi connectivity index (χ2v) is 8.00. The number of hydrogen-bond donors (Lipinski definition) is 2. The second-order valence-electron chi connectivity index (χ2n) is 8.00. The summed E-state index contributed by atoms with van der Waals surface area (Å²) in [5.41, 5.74) is 2.52. The number of rotatable bonds is 7. The first-order valence-corrected chi connectivity index (χ1v) is 9.53. The lowest BCUT2D eigenvalue weighted by atomic mass is 9.95. The van der Waals surface area contributed by atoms with Crippen molar-refractivity contribution in [3.63, 3.8) is 0 Å². The molecule has 2 aromatic carbocycles. The van der Waals surface area contributed by atoms with Gasteiger partial charge < -0.3 is 15.2 Å². The summed E-state index contributed by atoms with van der Waals surface area (Å²) in [5.74, 6) is -1.32. The van der Waals surface area contributed by atoms with Gasteiger partial charge >= 0.3 is 12.1 Å². The molecule has 1 unspecified atom stereocenters. The van der Waals surface area contributed by atoms with E-state index in [4.69, 9.17) is 9.84 Å². The Morgan fingerprint density at radius 3 is 2.07 bits per heavy atom. The van der Waals surface area contributed by atoms with E-state index < -0.39 is 23.6 Å². The number of nitrogens with one attached hydrogen (secondary N) is 1. The van der Waals surface area contributed by atoms with Gasteiger partial charge in [-0.3, -0.25) is 4.79 Å². The molecular weight excluding hydrogens is 354 g/mol. The van der Waals surface area contributed by atoms with Crippen LogP contribution >= 0.6 is 0 Å². The average Bonchev–Trinajstić information content (AvgIpc) is 2.64. The van der Waals surface area contributed by atoms with Crippen LogP contribution in [0.15, 0.2) is 54.6 Å². The zero-order valence-corrected chi connectivity index (χ0v) is 16.9. The Morgan fingerprint density at radius 2 is 1.54 bits per heavy atom. The number of hydrogen-bond acceptors (Lipinski definition) is 3. The molecule has 2 atom stereocenters. The fourth-order valence-electron chi connectivity index (χ4n) is 2.85. The third kappa shape index (κ3) is 6.72. The van der Waals surface area contributed by atoms with E-state index in [1.165, 1.54) is 0 Å². The highest BCUT2D eigenvalue weighted by atomic mass is 16.6. The van der Waals surface area contributed by atoms with Crippen LogP contribution in [0.25, 0.3) is 11.1 Å². The molecule has 5 nitrogen and oxygen atoms in total. The van der Waals surface area contributed by atoms with Crippen molar-refractivity contribution in [3.8, 4) is 11.1 Å². The van der Waals surface area contributed by atoms with Crippen LogP contribution in [0.1, 0.15) is 52.1 Å². The van der Waals surface area contributed by atoms with Gasteiger partial charge in [0.1, 0.15) is 5.60 Å². The Bertz CT molecular complexity index is 778. The Kier molecular flexibility index (Phi) is 7.21. The van der Waals surface area contributed by atoms with Crippen molar-refractivity contribution in [3.05, 3.63) is 60.2 Å². The van der Waals surface area contributed by atoms with E-state index in [0.717, 1.165) is 16.7 Å². The third-order valence-electron chi connectivity index (χ3n) is 4.42.